The Morgan fingerprint density at radius 3 is 2.65 bits per heavy atom. The van der Waals surface area contributed by atoms with E-state index in [2.05, 4.69) is 20.7 Å². The molecule has 4 aromatic heterocycles. The maximum absolute atomic E-state index is 11.9. The molecule has 188 valence electrons. The van der Waals surface area contributed by atoms with E-state index in [0.717, 1.165) is 33.2 Å². The minimum absolute atomic E-state index is 0.0715. The molecule has 0 amide bonds. The summed E-state index contributed by atoms with van der Waals surface area (Å²) in [6.07, 6.45) is 7.89. The summed E-state index contributed by atoms with van der Waals surface area (Å²) in [6, 6.07) is 11.1. The normalized spacial score (nSPS) is 12.1. The number of fused-ring (bicyclic) bond motifs is 1. The van der Waals surface area contributed by atoms with E-state index in [1.807, 2.05) is 24.3 Å². The van der Waals surface area contributed by atoms with Gasteiger partial charge in [0.15, 0.2) is 5.82 Å². The van der Waals surface area contributed by atoms with Gasteiger partial charge in [-0.05, 0) is 48.0 Å². The van der Waals surface area contributed by atoms with Gasteiger partial charge >= 0.3 is 0 Å². The SMILES string of the molecule is CNC(O)Cn1cc(-c2nc(NCc3cncc(Cl)c3)c3cc(-c4ccc(=O)n(C)c4)ccc3n2)cn1. The number of rotatable bonds is 8. The molecule has 37 heavy (non-hydrogen) atoms. The van der Waals surface area contributed by atoms with Crippen molar-refractivity contribution in [2.75, 3.05) is 12.4 Å². The molecule has 0 aliphatic rings. The largest absolute Gasteiger partial charge is 0.377 e. The number of anilines is 1. The van der Waals surface area contributed by atoms with Crippen LogP contribution in [0, 0.1) is 0 Å². The molecule has 10 nitrogen and oxygen atoms in total. The van der Waals surface area contributed by atoms with Gasteiger partial charge in [-0.15, -0.1) is 0 Å². The van der Waals surface area contributed by atoms with Crippen molar-refractivity contribution in [3.8, 4) is 22.5 Å². The number of hydrogen-bond acceptors (Lipinski definition) is 8. The van der Waals surface area contributed by atoms with Crippen LogP contribution in [-0.4, -0.2) is 47.7 Å². The van der Waals surface area contributed by atoms with Crippen LogP contribution in [0.5, 0.6) is 0 Å². The quantitative estimate of drug-likeness (QED) is 0.269. The molecule has 1 atom stereocenters. The Morgan fingerprint density at radius 1 is 1.03 bits per heavy atom. The van der Waals surface area contributed by atoms with E-state index in [9.17, 15) is 9.90 Å². The zero-order valence-electron chi connectivity index (χ0n) is 20.3. The highest BCUT2D eigenvalue weighted by Gasteiger charge is 2.14. The number of nitrogens with zero attached hydrogens (tertiary/aromatic N) is 6. The predicted molar refractivity (Wildman–Crippen MR) is 143 cm³/mol. The average Bonchev–Trinajstić information content (AvgIpc) is 3.37. The van der Waals surface area contributed by atoms with Gasteiger partial charge in [-0.3, -0.25) is 19.8 Å². The van der Waals surface area contributed by atoms with E-state index < -0.39 is 6.23 Å². The number of aromatic nitrogens is 6. The standard InChI is InChI=1S/C26H25ClN8O2/c1-28-23(36)15-35-14-19(11-31-35)25-32-22-5-3-17(18-4-6-24(37)34(2)13-18)8-21(22)26(33-25)30-10-16-7-20(27)12-29-9-16/h3-9,11-14,23,28,36H,10,15H2,1-2H3,(H,30,32,33). The summed E-state index contributed by atoms with van der Waals surface area (Å²) in [4.78, 5) is 25.6. The Balaban J connectivity index is 1.57. The Morgan fingerprint density at radius 2 is 1.86 bits per heavy atom. The number of hydrogen-bond donors (Lipinski definition) is 3. The molecule has 4 heterocycles. The van der Waals surface area contributed by atoms with Crippen LogP contribution in [0.25, 0.3) is 33.4 Å². The third kappa shape index (κ3) is 5.51. The van der Waals surface area contributed by atoms with Crippen LogP contribution in [0.1, 0.15) is 5.56 Å². The van der Waals surface area contributed by atoms with Gasteiger partial charge in [0.25, 0.3) is 0 Å². The highest BCUT2D eigenvalue weighted by atomic mass is 35.5. The summed E-state index contributed by atoms with van der Waals surface area (Å²) >= 11 is 6.12. The zero-order chi connectivity index (χ0) is 25.9. The number of aliphatic hydroxyl groups excluding tert-OH is 1. The monoisotopic (exact) mass is 516 g/mol. The second-order valence-corrected chi connectivity index (χ2v) is 9.05. The molecule has 0 spiro atoms. The minimum atomic E-state index is -0.718. The number of aliphatic hydroxyl groups is 1. The van der Waals surface area contributed by atoms with E-state index >= 15 is 0 Å². The molecule has 0 saturated heterocycles. The average molecular weight is 517 g/mol. The number of nitrogens with one attached hydrogen (secondary N) is 2. The Labute approximate surface area is 217 Å². The molecule has 3 N–H and O–H groups in total. The van der Waals surface area contributed by atoms with Crippen LogP contribution in [0.15, 0.2) is 72.2 Å². The van der Waals surface area contributed by atoms with Crippen LogP contribution in [-0.2, 0) is 20.1 Å². The Hall–Kier alpha value is -4.12. The molecule has 1 aromatic carbocycles. The molecule has 11 heteroatoms. The number of benzene rings is 1. The van der Waals surface area contributed by atoms with E-state index in [-0.39, 0.29) is 5.56 Å². The van der Waals surface area contributed by atoms with Gasteiger partial charge in [-0.2, -0.15) is 5.10 Å². The Kier molecular flexibility index (Phi) is 6.95. The van der Waals surface area contributed by atoms with E-state index in [1.165, 1.54) is 0 Å². The number of pyridine rings is 2. The summed E-state index contributed by atoms with van der Waals surface area (Å²) in [5.41, 5.74) is 4.14. The third-order valence-corrected chi connectivity index (χ3v) is 6.13. The van der Waals surface area contributed by atoms with Crippen LogP contribution in [0.3, 0.4) is 0 Å². The van der Waals surface area contributed by atoms with Gasteiger partial charge in [0.1, 0.15) is 12.0 Å². The molecule has 0 saturated carbocycles. The third-order valence-electron chi connectivity index (χ3n) is 5.92. The smallest absolute Gasteiger partial charge is 0.250 e. The molecule has 5 rings (SSSR count). The summed E-state index contributed by atoms with van der Waals surface area (Å²) in [5.74, 6) is 1.13. The van der Waals surface area contributed by atoms with Crippen LogP contribution >= 0.6 is 11.6 Å². The molecule has 0 aliphatic carbocycles. The first-order chi connectivity index (χ1) is 17.9. The van der Waals surface area contributed by atoms with Crippen molar-refractivity contribution in [2.24, 2.45) is 7.05 Å². The molecular formula is C26H25ClN8O2. The number of aryl methyl sites for hydroxylation is 1. The number of halogens is 1. The fraction of sp³-hybridized carbons (Fsp3) is 0.192. The van der Waals surface area contributed by atoms with E-state index in [0.29, 0.717) is 29.8 Å². The van der Waals surface area contributed by atoms with Crippen molar-refractivity contribution in [3.63, 3.8) is 0 Å². The molecule has 0 bridgehead atoms. The maximum atomic E-state index is 11.9. The number of likely N-dealkylation sites (N-methyl/N-ethyl adjacent to an activating group) is 1. The fourth-order valence-electron chi connectivity index (χ4n) is 3.92. The zero-order valence-corrected chi connectivity index (χ0v) is 21.0. The van der Waals surface area contributed by atoms with Crippen molar-refractivity contribution in [2.45, 2.75) is 19.3 Å². The molecule has 1 unspecified atom stereocenters. The lowest BCUT2D eigenvalue weighted by Crippen LogP contribution is -2.29. The van der Waals surface area contributed by atoms with Gasteiger partial charge in [-0.25, -0.2) is 9.97 Å². The van der Waals surface area contributed by atoms with Crippen molar-refractivity contribution in [1.29, 1.82) is 0 Å². The predicted octanol–water partition coefficient (Wildman–Crippen LogP) is 3.06. The van der Waals surface area contributed by atoms with Crippen LogP contribution in [0.2, 0.25) is 5.02 Å². The summed E-state index contributed by atoms with van der Waals surface area (Å²) < 4.78 is 3.19. The summed E-state index contributed by atoms with van der Waals surface area (Å²) in [6.45, 7) is 0.747. The molecule has 0 aliphatic heterocycles. The van der Waals surface area contributed by atoms with E-state index in [1.54, 1.807) is 66.5 Å². The first kappa shape index (κ1) is 24.6. The minimum Gasteiger partial charge on any atom is -0.377 e. The van der Waals surface area contributed by atoms with Crippen LogP contribution < -0.4 is 16.2 Å². The highest BCUT2D eigenvalue weighted by molar-refractivity contribution is 6.30. The summed E-state index contributed by atoms with van der Waals surface area (Å²) in [5, 5.41) is 21.8. The van der Waals surface area contributed by atoms with Gasteiger partial charge in [0.05, 0.1) is 28.8 Å². The maximum Gasteiger partial charge on any atom is 0.250 e. The van der Waals surface area contributed by atoms with Gasteiger partial charge in [0, 0.05) is 49.8 Å². The fourth-order valence-corrected chi connectivity index (χ4v) is 4.12. The van der Waals surface area contributed by atoms with Crippen molar-refractivity contribution in [1.82, 2.24) is 34.6 Å². The van der Waals surface area contributed by atoms with Crippen molar-refractivity contribution < 1.29 is 5.11 Å². The highest BCUT2D eigenvalue weighted by Crippen LogP contribution is 2.30. The second kappa shape index (κ2) is 10.5. The lowest BCUT2D eigenvalue weighted by atomic mass is 10.0. The lowest BCUT2D eigenvalue weighted by Gasteiger charge is -2.12. The lowest BCUT2D eigenvalue weighted by molar-refractivity contribution is 0.123. The topological polar surface area (TPSA) is 123 Å². The van der Waals surface area contributed by atoms with Gasteiger partial charge in [-0.1, -0.05) is 17.7 Å². The Bertz CT molecular complexity index is 1630. The first-order valence-electron chi connectivity index (χ1n) is 11.6. The van der Waals surface area contributed by atoms with Crippen LogP contribution in [0.4, 0.5) is 5.82 Å². The molecule has 0 fully saturated rings. The van der Waals surface area contributed by atoms with Crippen molar-refractivity contribution >= 4 is 28.3 Å². The van der Waals surface area contributed by atoms with E-state index in [4.69, 9.17) is 21.6 Å². The van der Waals surface area contributed by atoms with Gasteiger partial charge < -0.3 is 15.0 Å². The van der Waals surface area contributed by atoms with Crippen molar-refractivity contribution in [3.05, 3.63) is 88.3 Å². The molecular weight excluding hydrogens is 492 g/mol. The van der Waals surface area contributed by atoms with Gasteiger partial charge in [0.2, 0.25) is 5.56 Å². The molecule has 0 radical (unpaired) electrons. The molecule has 5 aromatic rings. The first-order valence-corrected chi connectivity index (χ1v) is 12.0. The second-order valence-electron chi connectivity index (χ2n) is 8.62. The summed E-state index contributed by atoms with van der Waals surface area (Å²) in [7, 11) is 3.40.